The zero-order valence-electron chi connectivity index (χ0n) is 11.2. The minimum atomic E-state index is 0.321. The Kier molecular flexibility index (Phi) is 2.98. The van der Waals surface area contributed by atoms with Crippen molar-refractivity contribution in [1.82, 2.24) is 14.4 Å². The Hall–Kier alpha value is -3.38. The molecule has 0 radical (unpaired) electrons. The van der Waals surface area contributed by atoms with Crippen molar-refractivity contribution in [3.05, 3.63) is 47.9 Å². The molecule has 100 valence electrons. The Bertz CT molecular complexity index is 893. The van der Waals surface area contributed by atoms with Gasteiger partial charge >= 0.3 is 0 Å². The molecule has 0 atom stereocenters. The summed E-state index contributed by atoms with van der Waals surface area (Å²) in [4.78, 5) is 8.59. The highest BCUT2D eigenvalue weighted by atomic mass is 15.1. The summed E-state index contributed by atoms with van der Waals surface area (Å²) in [5.41, 5.74) is 3.20. The first-order valence-corrected chi connectivity index (χ1v) is 6.23. The van der Waals surface area contributed by atoms with E-state index in [2.05, 4.69) is 21.4 Å². The van der Waals surface area contributed by atoms with E-state index < -0.39 is 0 Å². The molecule has 0 aliphatic rings. The van der Waals surface area contributed by atoms with Crippen LogP contribution in [0.15, 0.2) is 36.7 Å². The van der Waals surface area contributed by atoms with Crippen molar-refractivity contribution in [2.24, 2.45) is 0 Å². The molecular weight excluding hydrogens is 264 g/mol. The van der Waals surface area contributed by atoms with E-state index in [-0.39, 0.29) is 0 Å². The average molecular weight is 274 g/mol. The number of hydrogen-bond donors (Lipinski definition) is 1. The molecule has 0 fully saturated rings. The van der Waals surface area contributed by atoms with Gasteiger partial charge in [0.1, 0.15) is 35.2 Å². The second-order valence-corrected chi connectivity index (χ2v) is 4.36. The van der Waals surface area contributed by atoms with Gasteiger partial charge in [0.2, 0.25) is 0 Å². The van der Waals surface area contributed by atoms with Crippen LogP contribution in [0.5, 0.6) is 0 Å². The van der Waals surface area contributed by atoms with Gasteiger partial charge in [0.05, 0.1) is 11.6 Å². The quantitative estimate of drug-likeness (QED) is 0.773. The third kappa shape index (κ3) is 2.05. The van der Waals surface area contributed by atoms with Gasteiger partial charge in [0.15, 0.2) is 0 Å². The van der Waals surface area contributed by atoms with Crippen LogP contribution in [0.25, 0.3) is 16.9 Å². The van der Waals surface area contributed by atoms with Gasteiger partial charge in [0, 0.05) is 18.7 Å². The van der Waals surface area contributed by atoms with Crippen LogP contribution in [0.3, 0.4) is 0 Å². The fourth-order valence-corrected chi connectivity index (χ4v) is 2.15. The normalized spacial score (nSPS) is 10.0. The lowest BCUT2D eigenvalue weighted by Crippen LogP contribution is -1.97. The summed E-state index contributed by atoms with van der Waals surface area (Å²) in [6, 6.07) is 12.9. The van der Waals surface area contributed by atoms with Crippen molar-refractivity contribution in [3.8, 4) is 23.4 Å². The lowest BCUT2D eigenvalue weighted by molar-refractivity contribution is 1.07. The molecule has 21 heavy (non-hydrogen) atoms. The van der Waals surface area contributed by atoms with E-state index in [0.29, 0.717) is 16.9 Å². The summed E-state index contributed by atoms with van der Waals surface area (Å²) in [6.07, 6.45) is 1.57. The van der Waals surface area contributed by atoms with E-state index in [1.807, 2.05) is 18.2 Å². The van der Waals surface area contributed by atoms with Gasteiger partial charge in [-0.1, -0.05) is 12.1 Å². The second kappa shape index (κ2) is 4.95. The lowest BCUT2D eigenvalue weighted by Gasteiger charge is -2.03. The molecule has 1 N–H and O–H groups in total. The zero-order chi connectivity index (χ0) is 14.8. The highest BCUT2D eigenvalue weighted by Gasteiger charge is 2.13. The first-order chi connectivity index (χ1) is 10.3. The number of rotatable bonds is 2. The summed E-state index contributed by atoms with van der Waals surface area (Å²) in [5.74, 6) is 0.784. The monoisotopic (exact) mass is 274 g/mol. The molecule has 2 heterocycles. The largest absolute Gasteiger partial charge is 0.372 e. The predicted octanol–water partition coefficient (Wildman–Crippen LogP) is 2.18. The SMILES string of the molecule is CNc1c(-c2ccc(C#N)cc2)nc2cc(C#N)ncn12. The fraction of sp³-hybridized carbons (Fsp3) is 0.0667. The fourth-order valence-electron chi connectivity index (χ4n) is 2.15. The van der Waals surface area contributed by atoms with Crippen LogP contribution in [-0.2, 0) is 0 Å². The van der Waals surface area contributed by atoms with E-state index in [0.717, 1.165) is 17.1 Å². The minimum absolute atomic E-state index is 0.321. The number of aromatic nitrogens is 3. The van der Waals surface area contributed by atoms with Gasteiger partial charge < -0.3 is 5.32 Å². The van der Waals surface area contributed by atoms with E-state index in [1.54, 1.807) is 36.0 Å². The summed E-state index contributed by atoms with van der Waals surface area (Å²) >= 11 is 0. The Morgan fingerprint density at radius 3 is 2.52 bits per heavy atom. The molecule has 2 aromatic heterocycles. The molecule has 1 aromatic carbocycles. The first-order valence-electron chi connectivity index (χ1n) is 6.23. The molecule has 6 heteroatoms. The van der Waals surface area contributed by atoms with Crippen molar-refractivity contribution >= 4 is 11.5 Å². The highest BCUT2D eigenvalue weighted by Crippen LogP contribution is 2.28. The second-order valence-electron chi connectivity index (χ2n) is 4.36. The summed E-state index contributed by atoms with van der Waals surface area (Å²) in [7, 11) is 1.80. The van der Waals surface area contributed by atoms with Crippen LogP contribution in [0, 0.1) is 22.7 Å². The van der Waals surface area contributed by atoms with Crippen molar-refractivity contribution in [2.45, 2.75) is 0 Å². The molecular formula is C15H10N6. The predicted molar refractivity (Wildman–Crippen MR) is 77.4 cm³/mol. The zero-order valence-corrected chi connectivity index (χ0v) is 11.2. The Balaban J connectivity index is 2.21. The Morgan fingerprint density at radius 1 is 1.14 bits per heavy atom. The third-order valence-electron chi connectivity index (χ3n) is 3.16. The molecule has 0 aliphatic carbocycles. The number of nitriles is 2. The van der Waals surface area contributed by atoms with Crippen LogP contribution in [0.2, 0.25) is 0 Å². The maximum atomic E-state index is 8.91. The third-order valence-corrected chi connectivity index (χ3v) is 3.16. The molecule has 6 nitrogen and oxygen atoms in total. The molecule has 0 amide bonds. The topological polar surface area (TPSA) is 89.8 Å². The van der Waals surface area contributed by atoms with E-state index in [4.69, 9.17) is 10.5 Å². The lowest BCUT2D eigenvalue weighted by atomic mass is 10.1. The van der Waals surface area contributed by atoms with E-state index in [9.17, 15) is 0 Å². The molecule has 0 saturated heterocycles. The Morgan fingerprint density at radius 2 is 1.90 bits per heavy atom. The van der Waals surface area contributed by atoms with Gasteiger partial charge in [-0.3, -0.25) is 4.40 Å². The van der Waals surface area contributed by atoms with Gasteiger partial charge in [-0.05, 0) is 12.1 Å². The molecule has 3 rings (SSSR count). The van der Waals surface area contributed by atoms with Gasteiger partial charge in [-0.2, -0.15) is 10.5 Å². The van der Waals surface area contributed by atoms with Crippen molar-refractivity contribution in [3.63, 3.8) is 0 Å². The maximum absolute atomic E-state index is 8.91. The number of hydrogen-bond acceptors (Lipinski definition) is 5. The van der Waals surface area contributed by atoms with Crippen molar-refractivity contribution in [1.29, 1.82) is 10.5 Å². The van der Waals surface area contributed by atoms with Crippen LogP contribution in [0.1, 0.15) is 11.3 Å². The number of nitrogens with zero attached hydrogens (tertiary/aromatic N) is 5. The maximum Gasteiger partial charge on any atom is 0.145 e. The molecule has 0 unspecified atom stereocenters. The standard InChI is InChI=1S/C15H10N6/c1-18-15-14(11-4-2-10(7-16)3-5-11)20-13-6-12(8-17)19-9-21(13)15/h2-6,9,18H,1H3. The summed E-state index contributed by atoms with van der Waals surface area (Å²) < 4.78 is 1.79. The van der Waals surface area contributed by atoms with Crippen LogP contribution in [0.4, 0.5) is 5.82 Å². The van der Waals surface area contributed by atoms with Gasteiger partial charge in [-0.25, -0.2) is 9.97 Å². The first kappa shape index (κ1) is 12.6. The van der Waals surface area contributed by atoms with E-state index >= 15 is 0 Å². The molecule has 3 aromatic rings. The number of anilines is 1. The van der Waals surface area contributed by atoms with Crippen molar-refractivity contribution < 1.29 is 0 Å². The molecule has 0 saturated carbocycles. The van der Waals surface area contributed by atoms with E-state index in [1.165, 1.54) is 0 Å². The number of fused-ring (bicyclic) bond motifs is 1. The summed E-state index contributed by atoms with van der Waals surface area (Å²) in [5, 5.41) is 20.9. The number of benzene rings is 1. The van der Waals surface area contributed by atoms with Crippen LogP contribution < -0.4 is 5.32 Å². The van der Waals surface area contributed by atoms with Gasteiger partial charge in [0.25, 0.3) is 0 Å². The average Bonchev–Trinajstić information content (AvgIpc) is 2.92. The van der Waals surface area contributed by atoms with Crippen LogP contribution >= 0.6 is 0 Å². The highest BCUT2D eigenvalue weighted by molar-refractivity contribution is 5.76. The summed E-state index contributed by atoms with van der Waals surface area (Å²) in [6.45, 7) is 0. The molecule has 0 aliphatic heterocycles. The van der Waals surface area contributed by atoms with Crippen LogP contribution in [-0.4, -0.2) is 21.4 Å². The molecule has 0 spiro atoms. The number of nitrogens with one attached hydrogen (secondary N) is 1. The Labute approximate surface area is 120 Å². The smallest absolute Gasteiger partial charge is 0.145 e. The minimum Gasteiger partial charge on any atom is -0.372 e. The van der Waals surface area contributed by atoms with Gasteiger partial charge in [-0.15, -0.1) is 0 Å². The van der Waals surface area contributed by atoms with Crippen molar-refractivity contribution in [2.75, 3.05) is 12.4 Å². The number of imidazole rings is 1. The molecule has 0 bridgehead atoms.